The highest BCUT2D eigenvalue weighted by atomic mass is 32.1. The number of thiophene rings is 1. The van der Waals surface area contributed by atoms with E-state index in [-0.39, 0.29) is 5.41 Å². The largest absolute Gasteiger partial charge is 0.228 e. The Bertz CT molecular complexity index is 3130. The van der Waals surface area contributed by atoms with Gasteiger partial charge in [-0.2, -0.15) is 0 Å². The molecule has 1 aliphatic carbocycles. The highest BCUT2D eigenvalue weighted by molar-refractivity contribution is 7.25. The zero-order valence-electron chi connectivity index (χ0n) is 31.4. The first-order valence-corrected chi connectivity index (χ1v) is 20.3. The second kappa shape index (κ2) is 13.4. The fourth-order valence-corrected chi connectivity index (χ4v) is 9.99. The first-order valence-electron chi connectivity index (χ1n) is 19.5. The number of rotatable bonds is 6. The molecule has 2 heterocycles. The minimum absolute atomic E-state index is 0.239. The van der Waals surface area contributed by atoms with Crippen LogP contribution in [0, 0.1) is 0 Å². The number of nitrogens with zero attached hydrogens (tertiary/aromatic N) is 2. The van der Waals surface area contributed by atoms with Crippen LogP contribution in [0.5, 0.6) is 0 Å². The topological polar surface area (TPSA) is 25.8 Å². The van der Waals surface area contributed by atoms with Gasteiger partial charge in [-0.25, -0.2) is 9.97 Å². The van der Waals surface area contributed by atoms with Gasteiger partial charge in [-0.1, -0.05) is 170 Å². The van der Waals surface area contributed by atoms with Crippen molar-refractivity contribution >= 4 is 31.5 Å². The van der Waals surface area contributed by atoms with E-state index < -0.39 is 0 Å². The smallest absolute Gasteiger partial charge is 0.160 e. The molecule has 11 rings (SSSR count). The Morgan fingerprint density at radius 1 is 0.386 bits per heavy atom. The van der Waals surface area contributed by atoms with Crippen LogP contribution in [0.3, 0.4) is 0 Å². The van der Waals surface area contributed by atoms with Crippen LogP contribution in [0.25, 0.3) is 87.5 Å². The molecule has 0 aliphatic heterocycles. The molecule has 1 atom stereocenters. The third-order valence-electron chi connectivity index (χ3n) is 11.8. The molecule has 0 radical (unpaired) electrons. The zero-order valence-corrected chi connectivity index (χ0v) is 32.2. The van der Waals surface area contributed by atoms with Crippen LogP contribution in [0.2, 0.25) is 0 Å². The second-order valence-corrected chi connectivity index (χ2v) is 16.1. The fraction of sp³-hybridized carbons (Fsp3) is 0.0370. The van der Waals surface area contributed by atoms with Crippen molar-refractivity contribution in [2.75, 3.05) is 0 Å². The summed E-state index contributed by atoms with van der Waals surface area (Å²) in [5.41, 5.74) is 16.0. The average Bonchev–Trinajstić information content (AvgIpc) is 3.80. The molecule has 1 unspecified atom stereocenters. The van der Waals surface area contributed by atoms with Gasteiger partial charge in [0.15, 0.2) is 5.82 Å². The summed E-state index contributed by atoms with van der Waals surface area (Å²) in [6.07, 6.45) is 0. The number of hydrogen-bond donors (Lipinski definition) is 0. The number of aromatic nitrogens is 2. The van der Waals surface area contributed by atoms with Gasteiger partial charge >= 0.3 is 0 Å². The van der Waals surface area contributed by atoms with E-state index in [0.717, 1.165) is 33.6 Å². The van der Waals surface area contributed by atoms with Gasteiger partial charge in [-0.05, 0) is 87.3 Å². The molecular weight excluding hydrogens is 709 g/mol. The summed E-state index contributed by atoms with van der Waals surface area (Å²) in [7, 11) is 0. The van der Waals surface area contributed by atoms with Gasteiger partial charge in [0.25, 0.3) is 0 Å². The molecule has 0 bridgehead atoms. The van der Waals surface area contributed by atoms with Crippen LogP contribution >= 0.6 is 11.3 Å². The number of benzene rings is 8. The van der Waals surface area contributed by atoms with Crippen LogP contribution in [0.15, 0.2) is 200 Å². The Labute approximate surface area is 336 Å². The van der Waals surface area contributed by atoms with Crippen LogP contribution < -0.4 is 0 Å². The monoisotopic (exact) mass is 744 g/mol. The van der Waals surface area contributed by atoms with E-state index in [2.05, 4.69) is 189 Å². The normalized spacial score (nSPS) is 14.5. The average molecular weight is 745 g/mol. The summed E-state index contributed by atoms with van der Waals surface area (Å²) in [6.45, 7) is 2.37. The van der Waals surface area contributed by atoms with Gasteiger partial charge < -0.3 is 0 Å². The number of hydrogen-bond acceptors (Lipinski definition) is 3. The zero-order chi connectivity index (χ0) is 37.9. The van der Waals surface area contributed by atoms with Crippen molar-refractivity contribution in [1.82, 2.24) is 9.97 Å². The maximum absolute atomic E-state index is 5.17. The fourth-order valence-electron chi connectivity index (χ4n) is 8.91. The molecule has 0 amide bonds. The van der Waals surface area contributed by atoms with E-state index in [1.807, 2.05) is 29.5 Å². The van der Waals surface area contributed by atoms with Crippen LogP contribution in [-0.4, -0.2) is 9.97 Å². The standard InChI is InChI=1S/C54H36N2S/c1-54(41-18-6-3-7-19-41)46-23-10-8-21-44(46)52-42(22-13-24-47(52)54)35-26-28-36(29-27-35)48-34-49(56-53(55-48)37-14-4-2-5-15-37)40-17-12-16-38(32-40)39-30-31-51-45(33-39)43-20-9-11-25-50(43)57-51/h2-34H,1H3. The third kappa shape index (κ3) is 5.54. The van der Waals surface area contributed by atoms with Gasteiger partial charge in [-0.15, -0.1) is 11.3 Å². The quantitative estimate of drug-likeness (QED) is 0.169. The molecule has 0 N–H and O–H groups in total. The molecule has 8 aromatic carbocycles. The molecule has 2 nitrogen and oxygen atoms in total. The van der Waals surface area contributed by atoms with Gasteiger partial charge in [0.1, 0.15) is 0 Å². The Hall–Kier alpha value is -6.94. The van der Waals surface area contributed by atoms with Crippen molar-refractivity contribution in [3.8, 4) is 67.3 Å². The van der Waals surface area contributed by atoms with Crippen LogP contribution in [0.4, 0.5) is 0 Å². The second-order valence-electron chi connectivity index (χ2n) is 15.1. The van der Waals surface area contributed by atoms with E-state index in [1.54, 1.807) is 0 Å². The van der Waals surface area contributed by atoms with Crippen LogP contribution in [-0.2, 0) is 5.41 Å². The van der Waals surface area contributed by atoms with E-state index in [4.69, 9.17) is 9.97 Å². The third-order valence-corrected chi connectivity index (χ3v) is 13.0. The Balaban J connectivity index is 0.998. The van der Waals surface area contributed by atoms with Crippen molar-refractivity contribution in [2.45, 2.75) is 12.3 Å². The van der Waals surface area contributed by atoms with Gasteiger partial charge in [0, 0.05) is 42.3 Å². The van der Waals surface area contributed by atoms with Gasteiger partial charge in [0.05, 0.1) is 11.4 Å². The summed E-state index contributed by atoms with van der Waals surface area (Å²) in [5, 5.41) is 2.61. The van der Waals surface area contributed by atoms with E-state index in [0.29, 0.717) is 5.82 Å². The predicted octanol–water partition coefficient (Wildman–Crippen LogP) is 14.5. The maximum atomic E-state index is 5.17. The predicted molar refractivity (Wildman–Crippen MR) is 240 cm³/mol. The van der Waals surface area contributed by atoms with Crippen molar-refractivity contribution in [1.29, 1.82) is 0 Å². The summed E-state index contributed by atoms with van der Waals surface area (Å²) in [5.74, 6) is 0.710. The molecule has 268 valence electrons. The Morgan fingerprint density at radius 2 is 0.965 bits per heavy atom. The van der Waals surface area contributed by atoms with Crippen LogP contribution in [0.1, 0.15) is 23.6 Å². The lowest BCUT2D eigenvalue weighted by Crippen LogP contribution is -2.22. The highest BCUT2D eigenvalue weighted by Crippen LogP contribution is 2.55. The molecule has 57 heavy (non-hydrogen) atoms. The van der Waals surface area contributed by atoms with Crippen molar-refractivity contribution < 1.29 is 0 Å². The summed E-state index contributed by atoms with van der Waals surface area (Å²) >= 11 is 1.85. The maximum Gasteiger partial charge on any atom is 0.160 e. The molecule has 2 aromatic heterocycles. The van der Waals surface area contributed by atoms with E-state index in [1.165, 1.54) is 64.7 Å². The van der Waals surface area contributed by atoms with Gasteiger partial charge in [0.2, 0.25) is 0 Å². The molecule has 0 saturated carbocycles. The van der Waals surface area contributed by atoms with Crippen molar-refractivity contribution in [3.63, 3.8) is 0 Å². The SMILES string of the molecule is CC1(c2ccccc2)c2ccccc2-c2c(-c3ccc(-c4cc(-c5cccc(-c6ccc7sc8ccccc8c7c6)c5)nc(-c5ccccc5)n4)cc3)cccc21. The molecular formula is C54H36N2S. The minimum Gasteiger partial charge on any atom is -0.228 e. The first kappa shape index (κ1) is 33.4. The summed E-state index contributed by atoms with van der Waals surface area (Å²) in [4.78, 5) is 10.3. The molecule has 3 heteroatoms. The lowest BCUT2D eigenvalue weighted by Gasteiger charge is -2.28. The molecule has 0 saturated heterocycles. The molecule has 1 aliphatic rings. The Morgan fingerprint density at radius 3 is 1.81 bits per heavy atom. The van der Waals surface area contributed by atoms with E-state index >= 15 is 0 Å². The summed E-state index contributed by atoms with van der Waals surface area (Å²) < 4.78 is 2.62. The lowest BCUT2D eigenvalue weighted by atomic mass is 9.74. The number of fused-ring (bicyclic) bond motifs is 6. The molecule has 0 fully saturated rings. The van der Waals surface area contributed by atoms with Crippen molar-refractivity contribution in [2.24, 2.45) is 0 Å². The molecule has 10 aromatic rings. The highest BCUT2D eigenvalue weighted by Gasteiger charge is 2.41. The van der Waals surface area contributed by atoms with Gasteiger partial charge in [-0.3, -0.25) is 0 Å². The lowest BCUT2D eigenvalue weighted by molar-refractivity contribution is 0.714. The first-order chi connectivity index (χ1) is 28.1. The Kier molecular flexibility index (Phi) is 7.84. The summed E-state index contributed by atoms with van der Waals surface area (Å²) in [6, 6.07) is 72.2. The van der Waals surface area contributed by atoms with E-state index in [9.17, 15) is 0 Å². The van der Waals surface area contributed by atoms with Crippen molar-refractivity contribution in [3.05, 3.63) is 217 Å². The molecule has 0 spiro atoms. The minimum atomic E-state index is -0.239.